The van der Waals surface area contributed by atoms with E-state index >= 15 is 0 Å². The molecule has 0 unspecified atom stereocenters. The van der Waals surface area contributed by atoms with Crippen molar-refractivity contribution in [2.45, 2.75) is 0 Å². The molecule has 3 rings (SSSR count). The zero-order valence-corrected chi connectivity index (χ0v) is 17.3. The highest BCUT2D eigenvalue weighted by molar-refractivity contribution is 6.28. The molecule has 8 nitrogen and oxygen atoms in total. The lowest BCUT2D eigenvalue weighted by molar-refractivity contribution is -0.133. The largest absolute Gasteiger partial charge is 0.503 e. The van der Waals surface area contributed by atoms with E-state index < -0.39 is 5.97 Å². The number of carbonyl (C=O) groups excluding carboxylic acids is 1. The monoisotopic (exact) mass is 437 g/mol. The van der Waals surface area contributed by atoms with Crippen LogP contribution in [0.3, 0.4) is 0 Å². The fourth-order valence-electron chi connectivity index (χ4n) is 2.58. The van der Waals surface area contributed by atoms with Crippen LogP contribution in [-0.2, 0) is 14.3 Å². The Morgan fingerprint density at radius 1 is 1.00 bits per heavy atom. The molecule has 0 aliphatic carbocycles. The van der Waals surface area contributed by atoms with E-state index in [0.717, 1.165) is 0 Å². The van der Waals surface area contributed by atoms with Crippen LogP contribution in [0.1, 0.15) is 11.1 Å². The third-order valence-corrected chi connectivity index (χ3v) is 4.08. The van der Waals surface area contributed by atoms with Gasteiger partial charge in [-0.1, -0.05) is 30.3 Å². The Labute approximate surface area is 183 Å². The maximum atomic E-state index is 12.2. The maximum Gasteiger partial charge on any atom is 0.341 e. The predicted molar refractivity (Wildman–Crippen MR) is 112 cm³/mol. The first kappa shape index (κ1) is 21.6. The molecule has 0 atom stereocenters. The first-order chi connectivity index (χ1) is 15.0. The standard InChI is InChI=1S/C22H16ClN3O5/c1-28-13-16(21(27)29-2)15-8-4-6-10-18(15)31-20-11-19(25-22(23)26-20)30-17-9-5-3-7-14(17)12-24/h3-11,13H,1-2H3/b16-13+. The van der Waals surface area contributed by atoms with E-state index in [0.29, 0.717) is 22.6 Å². The van der Waals surface area contributed by atoms with Crippen molar-refractivity contribution in [1.29, 1.82) is 5.26 Å². The molecule has 0 fully saturated rings. The van der Waals surface area contributed by atoms with Gasteiger partial charge in [0.1, 0.15) is 23.1 Å². The number of methoxy groups -OCH3 is 2. The molecule has 9 heteroatoms. The number of nitrogens with zero attached hydrogens (tertiary/aromatic N) is 3. The summed E-state index contributed by atoms with van der Waals surface area (Å²) in [4.78, 5) is 20.2. The zero-order valence-electron chi connectivity index (χ0n) is 16.5. The van der Waals surface area contributed by atoms with Gasteiger partial charge in [0.05, 0.1) is 32.1 Å². The number of aromatic nitrogens is 2. The molecule has 3 aromatic rings. The van der Waals surface area contributed by atoms with E-state index in [-0.39, 0.29) is 22.6 Å². The summed E-state index contributed by atoms with van der Waals surface area (Å²) in [5.74, 6) is 0.154. The molecular formula is C22H16ClN3O5. The number of halogens is 1. The highest BCUT2D eigenvalue weighted by Crippen LogP contribution is 2.33. The molecule has 0 amide bonds. The quantitative estimate of drug-likeness (QED) is 0.226. The van der Waals surface area contributed by atoms with E-state index in [1.54, 1.807) is 48.5 Å². The van der Waals surface area contributed by atoms with Crippen LogP contribution in [0, 0.1) is 11.3 Å². The number of para-hydroxylation sites is 2. The van der Waals surface area contributed by atoms with Crippen molar-refractivity contribution in [3.05, 3.63) is 77.3 Å². The van der Waals surface area contributed by atoms with Gasteiger partial charge in [0.2, 0.25) is 17.0 Å². The van der Waals surface area contributed by atoms with Gasteiger partial charge in [-0.15, -0.1) is 0 Å². The second kappa shape index (κ2) is 10.1. The third kappa shape index (κ3) is 5.29. The van der Waals surface area contributed by atoms with Gasteiger partial charge in [0.25, 0.3) is 0 Å². The molecule has 31 heavy (non-hydrogen) atoms. The van der Waals surface area contributed by atoms with Crippen LogP contribution in [0.4, 0.5) is 0 Å². The van der Waals surface area contributed by atoms with E-state index in [9.17, 15) is 10.1 Å². The van der Waals surface area contributed by atoms with E-state index in [1.807, 2.05) is 6.07 Å². The molecule has 0 saturated heterocycles. The summed E-state index contributed by atoms with van der Waals surface area (Å²) in [6.07, 6.45) is 1.26. The number of esters is 1. The number of ether oxygens (including phenoxy) is 4. The van der Waals surface area contributed by atoms with Crippen LogP contribution < -0.4 is 9.47 Å². The molecule has 1 aromatic heterocycles. The molecule has 0 aliphatic rings. The van der Waals surface area contributed by atoms with Gasteiger partial charge < -0.3 is 18.9 Å². The smallest absolute Gasteiger partial charge is 0.341 e. The molecule has 2 aromatic carbocycles. The van der Waals surface area contributed by atoms with Gasteiger partial charge in [-0.3, -0.25) is 0 Å². The number of carbonyl (C=O) groups is 1. The van der Waals surface area contributed by atoms with Gasteiger partial charge >= 0.3 is 5.97 Å². The van der Waals surface area contributed by atoms with Gasteiger partial charge in [-0.2, -0.15) is 15.2 Å². The second-order valence-electron chi connectivity index (χ2n) is 5.88. The summed E-state index contributed by atoms with van der Waals surface area (Å²) in [5.41, 5.74) is 0.904. The SMILES string of the molecule is CO/C=C(/C(=O)OC)c1ccccc1Oc1cc(Oc2ccccc2C#N)nc(Cl)n1. The van der Waals surface area contributed by atoms with Crippen LogP contribution in [0.2, 0.25) is 5.28 Å². The molecule has 0 bridgehead atoms. The van der Waals surface area contributed by atoms with Crippen LogP contribution in [0.5, 0.6) is 23.3 Å². The fraction of sp³-hybridized carbons (Fsp3) is 0.0909. The molecule has 0 aliphatic heterocycles. The van der Waals surface area contributed by atoms with Gasteiger partial charge in [-0.25, -0.2) is 4.79 Å². The third-order valence-electron chi connectivity index (χ3n) is 3.91. The molecule has 0 N–H and O–H groups in total. The first-order valence-corrected chi connectivity index (χ1v) is 9.23. The van der Waals surface area contributed by atoms with Crippen molar-refractivity contribution in [2.24, 2.45) is 0 Å². The average Bonchev–Trinajstić information content (AvgIpc) is 2.77. The minimum atomic E-state index is -0.601. The molecule has 0 spiro atoms. The normalized spacial score (nSPS) is 10.7. The molecule has 0 saturated carbocycles. The van der Waals surface area contributed by atoms with Gasteiger partial charge in [-0.05, 0) is 29.8 Å². The summed E-state index contributed by atoms with van der Waals surface area (Å²) in [7, 11) is 2.68. The van der Waals surface area contributed by atoms with E-state index in [4.69, 9.17) is 30.5 Å². The summed E-state index contributed by atoms with van der Waals surface area (Å²) >= 11 is 6.03. The fourth-order valence-corrected chi connectivity index (χ4v) is 2.75. The Kier molecular flexibility index (Phi) is 7.04. The number of nitriles is 1. The number of hydrogen-bond donors (Lipinski definition) is 0. The minimum Gasteiger partial charge on any atom is -0.503 e. The lowest BCUT2D eigenvalue weighted by Crippen LogP contribution is -2.06. The average molecular weight is 438 g/mol. The van der Waals surface area contributed by atoms with Crippen LogP contribution in [0.25, 0.3) is 5.57 Å². The Bertz CT molecular complexity index is 1170. The molecule has 1 heterocycles. The van der Waals surface area contributed by atoms with Crippen molar-refractivity contribution in [3.63, 3.8) is 0 Å². The van der Waals surface area contributed by atoms with Crippen LogP contribution >= 0.6 is 11.6 Å². The predicted octanol–water partition coefficient (Wildman–Crippen LogP) is 4.75. The van der Waals surface area contributed by atoms with Crippen molar-refractivity contribution >= 4 is 23.1 Å². The van der Waals surface area contributed by atoms with Crippen LogP contribution in [-0.4, -0.2) is 30.2 Å². The first-order valence-electron chi connectivity index (χ1n) is 8.85. The number of rotatable bonds is 7. The lowest BCUT2D eigenvalue weighted by atomic mass is 10.1. The lowest BCUT2D eigenvalue weighted by Gasteiger charge is -2.13. The zero-order chi connectivity index (χ0) is 22.2. The van der Waals surface area contributed by atoms with E-state index in [2.05, 4.69) is 9.97 Å². The Hall–Kier alpha value is -4.09. The number of benzene rings is 2. The Balaban J connectivity index is 1.95. The number of hydrogen-bond acceptors (Lipinski definition) is 8. The molecule has 156 valence electrons. The summed E-state index contributed by atoms with van der Waals surface area (Å²) in [5, 5.41) is 9.10. The van der Waals surface area contributed by atoms with Crippen molar-refractivity contribution in [1.82, 2.24) is 9.97 Å². The highest BCUT2D eigenvalue weighted by Gasteiger charge is 2.19. The van der Waals surface area contributed by atoms with Gasteiger partial charge in [0.15, 0.2) is 0 Å². The van der Waals surface area contributed by atoms with Crippen molar-refractivity contribution in [3.8, 4) is 29.3 Å². The van der Waals surface area contributed by atoms with Crippen LogP contribution in [0.15, 0.2) is 60.9 Å². The maximum absolute atomic E-state index is 12.2. The van der Waals surface area contributed by atoms with Crippen molar-refractivity contribution < 1.29 is 23.7 Å². The molecular weight excluding hydrogens is 422 g/mol. The minimum absolute atomic E-state index is 0.0681. The van der Waals surface area contributed by atoms with Crippen molar-refractivity contribution in [2.75, 3.05) is 14.2 Å². The topological polar surface area (TPSA) is 104 Å². The second-order valence-corrected chi connectivity index (χ2v) is 6.22. The summed E-state index contributed by atoms with van der Waals surface area (Å²) < 4.78 is 21.4. The van der Waals surface area contributed by atoms with E-state index in [1.165, 1.54) is 26.5 Å². The summed E-state index contributed by atoms with van der Waals surface area (Å²) in [6, 6.07) is 16.9. The summed E-state index contributed by atoms with van der Waals surface area (Å²) in [6.45, 7) is 0. The van der Waals surface area contributed by atoms with Gasteiger partial charge in [0, 0.05) is 5.56 Å². The Morgan fingerprint density at radius 3 is 2.26 bits per heavy atom. The highest BCUT2D eigenvalue weighted by atomic mass is 35.5. The molecule has 0 radical (unpaired) electrons. The Morgan fingerprint density at radius 2 is 1.61 bits per heavy atom.